The Bertz CT molecular complexity index is 423. The molecule has 1 aliphatic heterocycles. The van der Waals surface area contributed by atoms with E-state index in [0.717, 1.165) is 38.0 Å². The van der Waals surface area contributed by atoms with Crippen molar-refractivity contribution in [2.75, 3.05) is 6.61 Å². The zero-order valence-corrected chi connectivity index (χ0v) is 12.3. The molecular weight excluding hydrogens is 236 g/mol. The number of ether oxygens (including phenoxy) is 1. The maximum Gasteiger partial charge on any atom is 0.122 e. The largest absolute Gasteiger partial charge is 0.493 e. The monoisotopic (exact) mass is 262 g/mol. The Kier molecular flexibility index (Phi) is 4.48. The van der Waals surface area contributed by atoms with Crippen LogP contribution in [0.2, 0.25) is 0 Å². The molecule has 0 aromatic heterocycles. The van der Waals surface area contributed by atoms with Gasteiger partial charge >= 0.3 is 0 Å². The van der Waals surface area contributed by atoms with E-state index in [1.165, 1.54) is 11.1 Å². The molecule has 1 heterocycles. The fourth-order valence-electron chi connectivity index (χ4n) is 2.72. The molecule has 0 fully saturated rings. The van der Waals surface area contributed by atoms with E-state index in [4.69, 9.17) is 10.6 Å². The van der Waals surface area contributed by atoms with Crippen molar-refractivity contribution in [3.05, 3.63) is 29.3 Å². The zero-order valence-electron chi connectivity index (χ0n) is 12.3. The molecule has 106 valence electrons. The molecule has 2 rings (SSSR count). The van der Waals surface area contributed by atoms with Crippen molar-refractivity contribution in [3.8, 4) is 5.75 Å². The van der Waals surface area contributed by atoms with Gasteiger partial charge in [0.15, 0.2) is 0 Å². The number of hydrogen-bond acceptors (Lipinski definition) is 3. The zero-order chi connectivity index (χ0) is 13.9. The summed E-state index contributed by atoms with van der Waals surface area (Å²) in [5.41, 5.74) is 6.00. The molecule has 0 spiro atoms. The lowest BCUT2D eigenvalue weighted by molar-refractivity contribution is 0.300. The summed E-state index contributed by atoms with van der Waals surface area (Å²) >= 11 is 0. The quantitative estimate of drug-likeness (QED) is 0.633. The molecule has 0 bridgehead atoms. The molecule has 1 aliphatic rings. The van der Waals surface area contributed by atoms with Crippen LogP contribution in [0.5, 0.6) is 5.75 Å². The minimum Gasteiger partial charge on any atom is -0.493 e. The van der Waals surface area contributed by atoms with E-state index in [0.29, 0.717) is 11.5 Å². The van der Waals surface area contributed by atoms with Gasteiger partial charge in [-0.25, -0.2) is 0 Å². The molecule has 0 amide bonds. The van der Waals surface area contributed by atoms with Crippen LogP contribution in [0.1, 0.15) is 44.7 Å². The van der Waals surface area contributed by atoms with Crippen LogP contribution in [0.3, 0.4) is 0 Å². The summed E-state index contributed by atoms with van der Waals surface area (Å²) in [4.78, 5) is 0. The first-order chi connectivity index (χ1) is 8.98. The Morgan fingerprint density at radius 1 is 1.37 bits per heavy atom. The fraction of sp³-hybridized carbons (Fsp3) is 0.625. The molecule has 0 radical (unpaired) electrons. The first-order valence-electron chi connectivity index (χ1n) is 7.19. The number of fused-ring (bicyclic) bond motifs is 1. The normalized spacial score (nSPS) is 16.0. The van der Waals surface area contributed by atoms with Crippen molar-refractivity contribution >= 4 is 0 Å². The van der Waals surface area contributed by atoms with E-state index in [1.54, 1.807) is 0 Å². The first kappa shape index (κ1) is 14.4. The second-order valence-electron chi connectivity index (χ2n) is 6.71. The molecule has 0 saturated heterocycles. The Morgan fingerprint density at radius 2 is 2.16 bits per heavy atom. The Balaban J connectivity index is 1.90. The van der Waals surface area contributed by atoms with Gasteiger partial charge in [0, 0.05) is 12.5 Å². The van der Waals surface area contributed by atoms with Gasteiger partial charge in [0.05, 0.1) is 6.61 Å². The number of aryl methyl sites for hydroxylation is 1. The summed E-state index contributed by atoms with van der Waals surface area (Å²) in [5, 5.41) is 0. The van der Waals surface area contributed by atoms with Gasteiger partial charge in [-0.05, 0) is 41.9 Å². The molecular formula is C16H26N2O. The molecule has 3 N–H and O–H groups in total. The standard InChI is InChI=1S/C16H26N2O/c1-16(2,3)11-14(18-17)6-4-12-5-7-15-13(10-12)8-9-19-15/h5,7,10,14,18H,4,6,8-9,11,17H2,1-3H3. The fourth-order valence-corrected chi connectivity index (χ4v) is 2.72. The highest BCUT2D eigenvalue weighted by molar-refractivity contribution is 5.39. The van der Waals surface area contributed by atoms with E-state index >= 15 is 0 Å². The SMILES string of the molecule is CC(C)(C)CC(CCc1ccc2c(c1)CCO2)NN. The van der Waals surface area contributed by atoms with Crippen LogP contribution >= 0.6 is 0 Å². The number of nitrogens with one attached hydrogen (secondary N) is 1. The number of nitrogens with two attached hydrogens (primary N) is 1. The molecule has 1 unspecified atom stereocenters. The molecule has 0 aliphatic carbocycles. The molecule has 1 aromatic carbocycles. The summed E-state index contributed by atoms with van der Waals surface area (Å²) in [7, 11) is 0. The highest BCUT2D eigenvalue weighted by Gasteiger charge is 2.18. The van der Waals surface area contributed by atoms with Crippen molar-refractivity contribution in [2.45, 2.75) is 52.5 Å². The van der Waals surface area contributed by atoms with E-state index < -0.39 is 0 Å². The number of rotatable bonds is 5. The first-order valence-corrected chi connectivity index (χ1v) is 7.19. The van der Waals surface area contributed by atoms with Gasteiger partial charge in [-0.2, -0.15) is 0 Å². The van der Waals surface area contributed by atoms with Gasteiger partial charge in [-0.15, -0.1) is 0 Å². The smallest absolute Gasteiger partial charge is 0.122 e. The lowest BCUT2D eigenvalue weighted by atomic mass is 9.86. The van der Waals surface area contributed by atoms with Gasteiger partial charge in [0.2, 0.25) is 0 Å². The van der Waals surface area contributed by atoms with Gasteiger partial charge < -0.3 is 4.74 Å². The highest BCUT2D eigenvalue weighted by Crippen LogP contribution is 2.27. The maximum atomic E-state index is 5.66. The average Bonchev–Trinajstić information content (AvgIpc) is 2.80. The van der Waals surface area contributed by atoms with Gasteiger partial charge in [0.25, 0.3) is 0 Å². The van der Waals surface area contributed by atoms with Crippen molar-refractivity contribution in [2.24, 2.45) is 11.3 Å². The third-order valence-corrected chi connectivity index (χ3v) is 3.63. The van der Waals surface area contributed by atoms with Gasteiger partial charge in [0.1, 0.15) is 5.75 Å². The van der Waals surface area contributed by atoms with Crippen LogP contribution in [0, 0.1) is 5.41 Å². The lowest BCUT2D eigenvalue weighted by Crippen LogP contribution is -2.38. The van der Waals surface area contributed by atoms with E-state index in [-0.39, 0.29) is 0 Å². The summed E-state index contributed by atoms with van der Waals surface area (Å²) in [6.45, 7) is 7.59. The van der Waals surface area contributed by atoms with Crippen LogP contribution in [-0.2, 0) is 12.8 Å². The van der Waals surface area contributed by atoms with Crippen molar-refractivity contribution in [1.29, 1.82) is 0 Å². The molecule has 1 atom stereocenters. The van der Waals surface area contributed by atoms with Crippen molar-refractivity contribution < 1.29 is 4.74 Å². The van der Waals surface area contributed by atoms with Crippen LogP contribution in [0.4, 0.5) is 0 Å². The van der Waals surface area contributed by atoms with Crippen LogP contribution in [-0.4, -0.2) is 12.6 Å². The Labute approximate surface area is 116 Å². The minimum absolute atomic E-state index is 0.308. The number of benzene rings is 1. The van der Waals surface area contributed by atoms with E-state index in [1.807, 2.05) is 0 Å². The predicted octanol–water partition coefficient (Wildman–Crippen LogP) is 2.82. The average molecular weight is 262 g/mol. The molecule has 3 nitrogen and oxygen atoms in total. The summed E-state index contributed by atoms with van der Waals surface area (Å²) < 4.78 is 5.53. The summed E-state index contributed by atoms with van der Waals surface area (Å²) in [6.07, 6.45) is 4.28. The molecule has 1 aromatic rings. The Morgan fingerprint density at radius 3 is 2.84 bits per heavy atom. The number of hydrazine groups is 1. The molecule has 0 saturated carbocycles. The van der Waals surface area contributed by atoms with Gasteiger partial charge in [-0.1, -0.05) is 32.9 Å². The Hall–Kier alpha value is -1.06. The third kappa shape index (κ3) is 4.22. The lowest BCUT2D eigenvalue weighted by Gasteiger charge is -2.25. The highest BCUT2D eigenvalue weighted by atomic mass is 16.5. The minimum atomic E-state index is 0.308. The summed E-state index contributed by atoms with van der Waals surface area (Å²) in [6, 6.07) is 6.94. The van der Waals surface area contributed by atoms with Crippen molar-refractivity contribution in [3.63, 3.8) is 0 Å². The third-order valence-electron chi connectivity index (χ3n) is 3.63. The van der Waals surface area contributed by atoms with Crippen LogP contribution < -0.4 is 16.0 Å². The summed E-state index contributed by atoms with van der Waals surface area (Å²) in [5.74, 6) is 6.73. The molecule has 3 heteroatoms. The second kappa shape index (κ2) is 5.93. The predicted molar refractivity (Wildman–Crippen MR) is 79.1 cm³/mol. The van der Waals surface area contributed by atoms with E-state index in [9.17, 15) is 0 Å². The van der Waals surface area contributed by atoms with Crippen LogP contribution in [0.15, 0.2) is 18.2 Å². The number of hydrogen-bond donors (Lipinski definition) is 2. The van der Waals surface area contributed by atoms with Crippen molar-refractivity contribution in [1.82, 2.24) is 5.43 Å². The van der Waals surface area contributed by atoms with Gasteiger partial charge in [-0.3, -0.25) is 11.3 Å². The second-order valence-corrected chi connectivity index (χ2v) is 6.71. The van der Waals surface area contributed by atoms with E-state index in [2.05, 4.69) is 44.4 Å². The topological polar surface area (TPSA) is 47.3 Å². The maximum absolute atomic E-state index is 5.66. The van der Waals surface area contributed by atoms with Crippen LogP contribution in [0.25, 0.3) is 0 Å². The molecule has 19 heavy (non-hydrogen) atoms.